The van der Waals surface area contributed by atoms with Gasteiger partial charge in [-0.1, -0.05) is 32.8 Å². The molecule has 0 radical (unpaired) electrons. The van der Waals surface area contributed by atoms with Gasteiger partial charge < -0.3 is 11.1 Å². The molecule has 1 aliphatic carbocycles. The minimum absolute atomic E-state index is 0.547. The van der Waals surface area contributed by atoms with E-state index in [0.717, 1.165) is 18.2 Å². The third kappa shape index (κ3) is 2.81. The number of rotatable bonds is 5. The molecule has 0 bridgehead atoms. The maximum atomic E-state index is 5.82. The third-order valence-corrected chi connectivity index (χ3v) is 4.05. The Morgan fingerprint density at radius 1 is 1.35 bits per heavy atom. The zero-order chi connectivity index (χ0) is 12.3. The first-order chi connectivity index (χ1) is 8.24. The summed E-state index contributed by atoms with van der Waals surface area (Å²) in [7, 11) is 0. The van der Waals surface area contributed by atoms with Gasteiger partial charge in [0.05, 0.1) is 0 Å². The predicted octanol–water partition coefficient (Wildman–Crippen LogP) is 3.28. The second-order valence-corrected chi connectivity index (χ2v) is 5.14. The Morgan fingerprint density at radius 2 is 2.12 bits per heavy atom. The molecule has 2 heteroatoms. The molecule has 0 saturated heterocycles. The van der Waals surface area contributed by atoms with Crippen molar-refractivity contribution in [3.05, 3.63) is 29.3 Å². The molecule has 0 heterocycles. The van der Waals surface area contributed by atoms with Crippen LogP contribution in [0.1, 0.15) is 50.3 Å². The molecule has 1 aliphatic rings. The summed E-state index contributed by atoms with van der Waals surface area (Å²) in [5, 5.41) is 3.72. The third-order valence-electron chi connectivity index (χ3n) is 4.05. The van der Waals surface area contributed by atoms with Crippen LogP contribution in [0.15, 0.2) is 18.2 Å². The maximum Gasteiger partial charge on any atom is 0.0326 e. The van der Waals surface area contributed by atoms with Crippen molar-refractivity contribution in [2.75, 3.05) is 12.3 Å². The molecule has 3 N–H and O–H groups in total. The van der Waals surface area contributed by atoms with Crippen LogP contribution in [0, 0.1) is 5.92 Å². The molecule has 1 aromatic rings. The Morgan fingerprint density at radius 3 is 2.82 bits per heavy atom. The summed E-state index contributed by atoms with van der Waals surface area (Å²) in [4.78, 5) is 0. The summed E-state index contributed by atoms with van der Waals surface area (Å²) in [6.45, 7) is 5.69. The number of nitrogens with two attached hydrogens (primary N) is 1. The number of hydrogen-bond donors (Lipinski definition) is 2. The molecule has 17 heavy (non-hydrogen) atoms. The van der Waals surface area contributed by atoms with Crippen LogP contribution in [0.4, 0.5) is 5.69 Å². The van der Waals surface area contributed by atoms with Crippen molar-refractivity contribution >= 4 is 5.69 Å². The highest BCUT2D eigenvalue weighted by atomic mass is 14.9. The van der Waals surface area contributed by atoms with Crippen molar-refractivity contribution in [3.63, 3.8) is 0 Å². The Hall–Kier alpha value is -1.02. The second kappa shape index (κ2) is 5.54. The van der Waals surface area contributed by atoms with Gasteiger partial charge in [-0.15, -0.1) is 0 Å². The Labute approximate surface area is 105 Å². The molecule has 94 valence electrons. The quantitative estimate of drug-likeness (QED) is 0.765. The van der Waals surface area contributed by atoms with Gasteiger partial charge in [0, 0.05) is 11.7 Å². The van der Waals surface area contributed by atoms with Gasteiger partial charge in [0.15, 0.2) is 0 Å². The fraction of sp³-hybridized carbons (Fsp3) is 0.600. The number of nitrogen functional groups attached to an aromatic ring is 1. The second-order valence-electron chi connectivity index (χ2n) is 5.14. The molecule has 1 aromatic carbocycles. The average Bonchev–Trinajstić information content (AvgIpc) is 2.73. The first-order valence-electron chi connectivity index (χ1n) is 6.86. The van der Waals surface area contributed by atoms with Crippen LogP contribution in [0.3, 0.4) is 0 Å². The normalized spacial score (nSPS) is 18.6. The summed E-state index contributed by atoms with van der Waals surface area (Å²) < 4.78 is 0. The zero-order valence-electron chi connectivity index (χ0n) is 11.0. The van der Waals surface area contributed by atoms with Crippen molar-refractivity contribution in [1.29, 1.82) is 0 Å². The van der Waals surface area contributed by atoms with Crippen molar-refractivity contribution in [3.8, 4) is 0 Å². The van der Waals surface area contributed by atoms with Gasteiger partial charge >= 0.3 is 0 Å². The predicted molar refractivity (Wildman–Crippen MR) is 74.0 cm³/mol. The molecule has 0 aliphatic heterocycles. The standard InChI is InChI=1S/C15H24N2/c1-3-11(4-2)10-17-15-8-5-12-9-13(16)6-7-14(12)15/h6-7,9,11,15,17H,3-5,8,10,16H2,1-2H3. The lowest BCUT2D eigenvalue weighted by molar-refractivity contribution is 0.410. The SMILES string of the molecule is CCC(CC)CNC1CCc2cc(N)ccc21. The van der Waals surface area contributed by atoms with Crippen LogP contribution < -0.4 is 11.1 Å². The Balaban J connectivity index is 1.97. The largest absolute Gasteiger partial charge is 0.399 e. The molecule has 0 amide bonds. The van der Waals surface area contributed by atoms with Gasteiger partial charge in [-0.2, -0.15) is 0 Å². The molecule has 2 rings (SSSR count). The van der Waals surface area contributed by atoms with Crippen LogP contribution >= 0.6 is 0 Å². The lowest BCUT2D eigenvalue weighted by Crippen LogP contribution is -2.25. The van der Waals surface area contributed by atoms with E-state index in [1.807, 2.05) is 6.07 Å². The summed E-state index contributed by atoms with van der Waals surface area (Å²) in [5.74, 6) is 0.813. The molecule has 1 unspecified atom stereocenters. The van der Waals surface area contributed by atoms with E-state index in [9.17, 15) is 0 Å². The number of anilines is 1. The minimum atomic E-state index is 0.547. The highest BCUT2D eigenvalue weighted by Crippen LogP contribution is 2.32. The van der Waals surface area contributed by atoms with Crippen LogP contribution in [-0.2, 0) is 6.42 Å². The lowest BCUT2D eigenvalue weighted by Gasteiger charge is -2.19. The molecule has 0 fully saturated rings. The van der Waals surface area contributed by atoms with E-state index >= 15 is 0 Å². The van der Waals surface area contributed by atoms with Crippen molar-refractivity contribution in [2.45, 2.75) is 45.6 Å². The van der Waals surface area contributed by atoms with E-state index in [-0.39, 0.29) is 0 Å². The number of benzene rings is 1. The molecule has 0 aromatic heterocycles. The van der Waals surface area contributed by atoms with Crippen LogP contribution in [0.5, 0.6) is 0 Å². The van der Waals surface area contributed by atoms with Gasteiger partial charge in [0.25, 0.3) is 0 Å². The van der Waals surface area contributed by atoms with E-state index < -0.39 is 0 Å². The molecule has 0 spiro atoms. The molecule has 2 nitrogen and oxygen atoms in total. The molecule has 1 atom stereocenters. The van der Waals surface area contributed by atoms with Crippen LogP contribution in [0.25, 0.3) is 0 Å². The lowest BCUT2D eigenvalue weighted by atomic mass is 10.0. The smallest absolute Gasteiger partial charge is 0.0326 e. The number of fused-ring (bicyclic) bond motifs is 1. The first kappa shape index (κ1) is 12.4. The zero-order valence-corrected chi connectivity index (χ0v) is 11.0. The highest BCUT2D eigenvalue weighted by Gasteiger charge is 2.22. The molecular weight excluding hydrogens is 208 g/mol. The van der Waals surface area contributed by atoms with Crippen LogP contribution in [-0.4, -0.2) is 6.54 Å². The van der Waals surface area contributed by atoms with Gasteiger partial charge in [0.2, 0.25) is 0 Å². The Kier molecular flexibility index (Phi) is 4.06. The minimum Gasteiger partial charge on any atom is -0.399 e. The van der Waals surface area contributed by atoms with Gasteiger partial charge in [-0.25, -0.2) is 0 Å². The van der Waals surface area contributed by atoms with E-state index in [1.54, 1.807) is 0 Å². The summed E-state index contributed by atoms with van der Waals surface area (Å²) >= 11 is 0. The van der Waals surface area contributed by atoms with Gasteiger partial charge in [-0.3, -0.25) is 0 Å². The number of nitrogens with one attached hydrogen (secondary N) is 1. The van der Waals surface area contributed by atoms with Crippen LogP contribution in [0.2, 0.25) is 0 Å². The topological polar surface area (TPSA) is 38.0 Å². The van der Waals surface area contributed by atoms with Gasteiger partial charge in [0.1, 0.15) is 0 Å². The highest BCUT2D eigenvalue weighted by molar-refractivity contribution is 5.47. The molecule has 0 saturated carbocycles. The first-order valence-corrected chi connectivity index (χ1v) is 6.86. The van der Waals surface area contributed by atoms with Crippen molar-refractivity contribution in [1.82, 2.24) is 5.32 Å². The van der Waals surface area contributed by atoms with E-state index in [4.69, 9.17) is 5.73 Å². The fourth-order valence-corrected chi connectivity index (χ4v) is 2.74. The summed E-state index contributed by atoms with van der Waals surface area (Å²) in [6.07, 6.45) is 4.93. The number of aryl methyl sites for hydroxylation is 1. The maximum absolute atomic E-state index is 5.82. The summed E-state index contributed by atoms with van der Waals surface area (Å²) in [6, 6.07) is 6.90. The van der Waals surface area contributed by atoms with Crippen molar-refractivity contribution in [2.24, 2.45) is 5.92 Å². The average molecular weight is 232 g/mol. The molecular formula is C15H24N2. The number of hydrogen-bond acceptors (Lipinski definition) is 2. The van der Waals surface area contributed by atoms with E-state index in [2.05, 4.69) is 31.3 Å². The van der Waals surface area contributed by atoms with E-state index in [1.165, 1.54) is 36.8 Å². The Bertz CT molecular complexity index is 369. The van der Waals surface area contributed by atoms with E-state index in [0.29, 0.717) is 6.04 Å². The van der Waals surface area contributed by atoms with Crippen molar-refractivity contribution < 1.29 is 0 Å². The monoisotopic (exact) mass is 232 g/mol. The van der Waals surface area contributed by atoms with Gasteiger partial charge in [-0.05, 0) is 48.6 Å². The fourth-order valence-electron chi connectivity index (χ4n) is 2.74. The summed E-state index contributed by atoms with van der Waals surface area (Å²) in [5.41, 5.74) is 9.61.